The monoisotopic (exact) mass is 425 g/mol. The molecule has 0 unspecified atom stereocenters. The van der Waals surface area contributed by atoms with Gasteiger partial charge in [-0.2, -0.15) is 0 Å². The van der Waals surface area contributed by atoms with Crippen LogP contribution in [0, 0.1) is 10.1 Å². The van der Waals surface area contributed by atoms with Crippen LogP contribution in [0.25, 0.3) is 20.3 Å². The fourth-order valence-corrected chi connectivity index (χ4v) is 5.29. The summed E-state index contributed by atoms with van der Waals surface area (Å²) in [6.45, 7) is 2.60. The highest BCUT2D eigenvalue weighted by Crippen LogP contribution is 2.31. The van der Waals surface area contributed by atoms with Crippen LogP contribution in [0.3, 0.4) is 0 Å². The van der Waals surface area contributed by atoms with Gasteiger partial charge in [-0.1, -0.05) is 0 Å². The Morgan fingerprint density at radius 3 is 2.72 bits per heavy atom. The minimum atomic E-state index is -0.421. The van der Waals surface area contributed by atoms with Crippen LogP contribution in [0.5, 0.6) is 0 Å². The van der Waals surface area contributed by atoms with Gasteiger partial charge in [0, 0.05) is 48.4 Å². The molecule has 0 spiro atoms. The first-order valence-electron chi connectivity index (χ1n) is 9.00. The fraction of sp³-hybridized carbons (Fsp3) is 0.211. The summed E-state index contributed by atoms with van der Waals surface area (Å²) in [5, 5.41) is 14.7. The molecule has 0 saturated carbocycles. The topological polar surface area (TPSA) is 92.5 Å². The Morgan fingerprint density at radius 2 is 1.93 bits per heavy atom. The first-order valence-corrected chi connectivity index (χ1v) is 10.7. The molecule has 0 bridgehead atoms. The maximum atomic E-state index is 13.0. The van der Waals surface area contributed by atoms with Gasteiger partial charge in [0.25, 0.3) is 11.6 Å². The maximum Gasteiger partial charge on any atom is 0.270 e. The van der Waals surface area contributed by atoms with E-state index in [9.17, 15) is 14.9 Å². The van der Waals surface area contributed by atoms with Crippen LogP contribution in [-0.2, 0) is 0 Å². The number of hydrogen-bond donors (Lipinski definition) is 0. The van der Waals surface area contributed by atoms with Gasteiger partial charge in [0.2, 0.25) is 0 Å². The highest BCUT2D eigenvalue weighted by Gasteiger charge is 2.25. The number of aromatic nitrogens is 2. The lowest BCUT2D eigenvalue weighted by atomic mass is 10.2. The van der Waals surface area contributed by atoms with Gasteiger partial charge < -0.3 is 9.80 Å². The first kappa shape index (κ1) is 18.0. The summed E-state index contributed by atoms with van der Waals surface area (Å²) >= 11 is 2.96. The highest BCUT2D eigenvalue weighted by molar-refractivity contribution is 7.20. The van der Waals surface area contributed by atoms with Crippen LogP contribution in [-0.4, -0.2) is 51.9 Å². The highest BCUT2D eigenvalue weighted by atomic mass is 32.1. The number of anilines is 1. The Bertz CT molecular complexity index is 1240. The standard InChI is InChI=1S/C19H15N5O3S2/c25-19(16-10-12-9-13(24(26)27)1-2-15(12)29-16)23-6-4-22(5-7-23)17-14-3-8-28-18(14)21-11-20-17/h1-3,8-11H,4-7H2. The number of nitro benzene ring substituents is 1. The second kappa shape index (κ2) is 7.05. The van der Waals surface area contributed by atoms with E-state index in [2.05, 4.69) is 14.9 Å². The molecule has 10 heteroatoms. The molecular weight excluding hydrogens is 410 g/mol. The third-order valence-corrected chi connectivity index (χ3v) is 6.95. The predicted molar refractivity (Wildman–Crippen MR) is 114 cm³/mol. The van der Waals surface area contributed by atoms with Crippen LogP contribution in [0.15, 0.2) is 42.0 Å². The van der Waals surface area contributed by atoms with Crippen LogP contribution in [0.4, 0.5) is 11.5 Å². The van der Waals surface area contributed by atoms with Crippen molar-refractivity contribution < 1.29 is 9.72 Å². The molecule has 1 amide bonds. The normalized spacial score (nSPS) is 14.6. The van der Waals surface area contributed by atoms with Crippen molar-refractivity contribution in [1.29, 1.82) is 0 Å². The molecule has 0 aliphatic carbocycles. The number of nitro groups is 1. The summed E-state index contributed by atoms with van der Waals surface area (Å²) in [6, 6.07) is 8.47. The van der Waals surface area contributed by atoms with E-state index in [1.807, 2.05) is 16.3 Å². The third kappa shape index (κ3) is 3.19. The Morgan fingerprint density at radius 1 is 1.10 bits per heavy atom. The van der Waals surface area contributed by atoms with Crippen molar-refractivity contribution in [3.8, 4) is 0 Å². The number of thiophene rings is 2. The zero-order valence-electron chi connectivity index (χ0n) is 15.1. The summed E-state index contributed by atoms with van der Waals surface area (Å²) in [7, 11) is 0. The van der Waals surface area contributed by atoms with Crippen LogP contribution in [0.2, 0.25) is 0 Å². The van der Waals surface area contributed by atoms with E-state index < -0.39 is 4.92 Å². The molecule has 0 N–H and O–H groups in total. The van der Waals surface area contributed by atoms with E-state index in [-0.39, 0.29) is 11.6 Å². The lowest BCUT2D eigenvalue weighted by Gasteiger charge is -2.35. The van der Waals surface area contributed by atoms with Gasteiger partial charge in [-0.05, 0) is 23.6 Å². The summed E-state index contributed by atoms with van der Waals surface area (Å²) < 4.78 is 0.874. The van der Waals surface area contributed by atoms with E-state index in [0.717, 1.165) is 26.1 Å². The van der Waals surface area contributed by atoms with Crippen molar-refractivity contribution in [2.24, 2.45) is 0 Å². The Labute approximate surface area is 173 Å². The van der Waals surface area contributed by atoms with Gasteiger partial charge in [0.1, 0.15) is 17.0 Å². The molecule has 4 aromatic rings. The zero-order chi connectivity index (χ0) is 20.0. The zero-order valence-corrected chi connectivity index (χ0v) is 16.8. The molecule has 0 radical (unpaired) electrons. The van der Waals surface area contributed by atoms with Gasteiger partial charge in [0.15, 0.2) is 0 Å². The van der Waals surface area contributed by atoms with E-state index in [0.29, 0.717) is 31.1 Å². The lowest BCUT2D eigenvalue weighted by molar-refractivity contribution is -0.384. The molecule has 1 aliphatic rings. The number of rotatable bonds is 3. The first-order chi connectivity index (χ1) is 14.1. The van der Waals surface area contributed by atoms with E-state index in [4.69, 9.17) is 0 Å². The molecule has 1 aromatic carbocycles. The number of fused-ring (bicyclic) bond motifs is 2. The Hall–Kier alpha value is -3.11. The van der Waals surface area contributed by atoms with Crippen molar-refractivity contribution in [3.63, 3.8) is 0 Å². The molecule has 0 atom stereocenters. The van der Waals surface area contributed by atoms with Crippen LogP contribution in [0.1, 0.15) is 9.67 Å². The molecule has 1 saturated heterocycles. The van der Waals surface area contributed by atoms with Crippen LogP contribution >= 0.6 is 22.7 Å². The van der Waals surface area contributed by atoms with Gasteiger partial charge in [0.05, 0.1) is 15.2 Å². The molecule has 3 aromatic heterocycles. The maximum absolute atomic E-state index is 13.0. The number of piperazine rings is 1. The number of amides is 1. The largest absolute Gasteiger partial charge is 0.352 e. The van der Waals surface area contributed by atoms with Crippen LogP contribution < -0.4 is 4.90 Å². The number of carbonyl (C=O) groups is 1. The summed E-state index contributed by atoms with van der Waals surface area (Å²) in [4.78, 5) is 37.8. The molecule has 1 fully saturated rings. The molecule has 8 nitrogen and oxygen atoms in total. The Kier molecular flexibility index (Phi) is 4.36. The van der Waals surface area contributed by atoms with E-state index >= 15 is 0 Å². The average Bonchev–Trinajstić information content (AvgIpc) is 3.39. The number of nitrogens with zero attached hydrogens (tertiary/aromatic N) is 5. The smallest absolute Gasteiger partial charge is 0.270 e. The fourth-order valence-electron chi connectivity index (χ4n) is 3.56. The van der Waals surface area contributed by atoms with E-state index in [1.165, 1.54) is 23.5 Å². The van der Waals surface area contributed by atoms with Gasteiger partial charge in [-0.15, -0.1) is 22.7 Å². The second-order valence-electron chi connectivity index (χ2n) is 6.71. The SMILES string of the molecule is O=C(c1cc2cc([N+](=O)[O-])ccc2s1)N1CCN(c2ncnc3sccc23)CC1. The predicted octanol–water partition coefficient (Wildman–Crippen LogP) is 3.78. The molecule has 146 valence electrons. The Balaban J connectivity index is 1.33. The lowest BCUT2D eigenvalue weighted by Crippen LogP contribution is -2.49. The van der Waals surface area contributed by atoms with Gasteiger partial charge in [-0.3, -0.25) is 14.9 Å². The third-order valence-electron chi connectivity index (χ3n) is 5.03. The van der Waals surface area contributed by atoms with Gasteiger partial charge in [-0.25, -0.2) is 9.97 Å². The molecule has 29 heavy (non-hydrogen) atoms. The molecule has 4 heterocycles. The summed E-state index contributed by atoms with van der Waals surface area (Å²) in [6.07, 6.45) is 1.59. The van der Waals surface area contributed by atoms with Crippen molar-refractivity contribution in [2.45, 2.75) is 0 Å². The van der Waals surface area contributed by atoms with Crippen molar-refractivity contribution >= 4 is 60.4 Å². The number of benzene rings is 1. The summed E-state index contributed by atoms with van der Waals surface area (Å²) in [5.74, 6) is 0.884. The molecule has 5 rings (SSSR count). The van der Waals surface area contributed by atoms with Gasteiger partial charge >= 0.3 is 0 Å². The number of hydrogen-bond acceptors (Lipinski definition) is 8. The summed E-state index contributed by atoms with van der Waals surface area (Å²) in [5.41, 5.74) is 0.0347. The minimum absolute atomic E-state index is 0.0307. The molecule has 1 aliphatic heterocycles. The number of non-ortho nitro benzene ring substituents is 1. The van der Waals surface area contributed by atoms with Crippen molar-refractivity contribution in [3.05, 3.63) is 57.0 Å². The van der Waals surface area contributed by atoms with Crippen molar-refractivity contribution in [1.82, 2.24) is 14.9 Å². The molecular formula is C19H15N5O3S2. The average molecular weight is 425 g/mol. The minimum Gasteiger partial charge on any atom is -0.352 e. The van der Waals surface area contributed by atoms with E-state index in [1.54, 1.807) is 29.8 Å². The second-order valence-corrected chi connectivity index (χ2v) is 8.68. The number of carbonyl (C=O) groups excluding carboxylic acids is 1. The van der Waals surface area contributed by atoms with Crippen molar-refractivity contribution in [2.75, 3.05) is 31.1 Å². The quantitative estimate of drug-likeness (QED) is 0.366.